The van der Waals surface area contributed by atoms with E-state index in [1.807, 2.05) is 0 Å². The van der Waals surface area contributed by atoms with Crippen molar-refractivity contribution in [3.05, 3.63) is 0 Å². The Morgan fingerprint density at radius 2 is 1.87 bits per heavy atom. The first kappa shape index (κ1) is 14.9. The molecule has 4 rings (SSSR count). The third-order valence-electron chi connectivity index (χ3n) is 6.73. The molecule has 1 saturated heterocycles. The van der Waals surface area contributed by atoms with Crippen LogP contribution in [0.25, 0.3) is 0 Å². The Morgan fingerprint density at radius 1 is 1.22 bits per heavy atom. The fourth-order valence-corrected chi connectivity index (χ4v) is 5.80. The van der Waals surface area contributed by atoms with Crippen LogP contribution >= 0.6 is 0 Å². The van der Waals surface area contributed by atoms with Gasteiger partial charge in [-0.2, -0.15) is 10.5 Å². The van der Waals surface area contributed by atoms with Gasteiger partial charge in [0.1, 0.15) is 11.3 Å². The molecule has 6 heteroatoms. The smallest absolute Gasteiger partial charge is 0.293 e. The summed E-state index contributed by atoms with van der Waals surface area (Å²) in [6.45, 7) is 2.97. The van der Waals surface area contributed by atoms with E-state index < -0.39 is 22.2 Å². The van der Waals surface area contributed by atoms with Crippen LogP contribution in [0.2, 0.25) is 0 Å². The Bertz CT molecular complexity index is 646. The minimum atomic E-state index is -1.36. The summed E-state index contributed by atoms with van der Waals surface area (Å²) in [7, 11) is 0. The summed E-state index contributed by atoms with van der Waals surface area (Å²) < 4.78 is 11.6. The molecule has 0 bridgehead atoms. The zero-order valence-electron chi connectivity index (χ0n) is 13.5. The van der Waals surface area contributed by atoms with Gasteiger partial charge in [-0.3, -0.25) is 0 Å². The van der Waals surface area contributed by atoms with E-state index in [-0.39, 0.29) is 5.84 Å². The van der Waals surface area contributed by atoms with Gasteiger partial charge in [0.15, 0.2) is 5.41 Å². The van der Waals surface area contributed by atoms with Gasteiger partial charge in [0, 0.05) is 5.41 Å². The average molecular weight is 314 g/mol. The van der Waals surface area contributed by atoms with E-state index in [1.54, 1.807) is 0 Å². The fraction of sp³-hybridized carbons (Fsp3) is 0.824. The zero-order chi connectivity index (χ0) is 16.3. The Morgan fingerprint density at radius 3 is 2.39 bits per heavy atom. The molecule has 122 valence electrons. The Labute approximate surface area is 136 Å². The molecule has 0 radical (unpaired) electrons. The third kappa shape index (κ3) is 1.28. The summed E-state index contributed by atoms with van der Waals surface area (Å²) in [6, 6.07) is 4.79. The van der Waals surface area contributed by atoms with Crippen molar-refractivity contribution in [3.8, 4) is 12.1 Å². The van der Waals surface area contributed by atoms with E-state index in [4.69, 9.17) is 15.2 Å². The summed E-state index contributed by atoms with van der Waals surface area (Å²) in [6.07, 6.45) is 6.09. The second-order valence-electron chi connectivity index (χ2n) is 7.31. The standard InChI is InChI=1S/C17H22N4O2/c1-2-3-12-4-6-14(7-5-12)15(10-18)13(20)21-17(16(14,15)11-19)22-8-9-23-17/h12H,2-9H2,1H3,(H2,20,21)/t12?,14?,15-,16+/m0/s1. The topological polar surface area (TPSA) is 104 Å². The maximum Gasteiger partial charge on any atom is 0.293 e. The first-order valence-electron chi connectivity index (χ1n) is 8.56. The van der Waals surface area contributed by atoms with Crippen LogP contribution in [0.3, 0.4) is 0 Å². The van der Waals surface area contributed by atoms with E-state index >= 15 is 0 Å². The van der Waals surface area contributed by atoms with Crippen LogP contribution in [-0.2, 0) is 9.47 Å². The number of nitrogens with two attached hydrogens (primary N) is 1. The first-order chi connectivity index (χ1) is 11.1. The highest BCUT2D eigenvalue weighted by Crippen LogP contribution is 2.89. The number of rotatable bonds is 2. The molecule has 0 unspecified atom stereocenters. The molecule has 2 saturated carbocycles. The lowest BCUT2D eigenvalue weighted by Gasteiger charge is -2.36. The number of fused-ring (bicyclic) bond motifs is 4. The lowest BCUT2D eigenvalue weighted by molar-refractivity contribution is -0.194. The van der Waals surface area contributed by atoms with Crippen LogP contribution in [0.4, 0.5) is 0 Å². The van der Waals surface area contributed by atoms with E-state index in [9.17, 15) is 10.5 Å². The van der Waals surface area contributed by atoms with Crippen molar-refractivity contribution in [1.82, 2.24) is 0 Å². The molecule has 2 aliphatic heterocycles. The SMILES string of the molecule is CCCC1CCC2(CC1)[C@@]1(C#N)C3(N=C(N)[C@@]21C#N)OCCO3. The molecule has 6 nitrogen and oxygen atoms in total. The van der Waals surface area contributed by atoms with Gasteiger partial charge in [-0.25, -0.2) is 4.99 Å². The second-order valence-corrected chi connectivity index (χ2v) is 7.31. The molecule has 4 aliphatic rings. The number of hydrogen-bond acceptors (Lipinski definition) is 6. The number of hydrogen-bond donors (Lipinski definition) is 1. The third-order valence-corrected chi connectivity index (χ3v) is 6.73. The molecule has 0 aromatic rings. The Hall–Kier alpha value is -1.63. The van der Waals surface area contributed by atoms with Crippen molar-refractivity contribution >= 4 is 5.84 Å². The highest BCUT2D eigenvalue weighted by Gasteiger charge is 3.00. The van der Waals surface area contributed by atoms with Crippen molar-refractivity contribution in [2.45, 2.75) is 51.4 Å². The number of ether oxygens (including phenoxy) is 2. The van der Waals surface area contributed by atoms with Crippen LogP contribution in [-0.4, -0.2) is 25.0 Å². The maximum atomic E-state index is 10.1. The Balaban J connectivity index is 1.77. The van der Waals surface area contributed by atoms with Gasteiger partial charge >= 0.3 is 0 Å². The van der Waals surface area contributed by atoms with Crippen LogP contribution in [0, 0.1) is 44.8 Å². The summed E-state index contributed by atoms with van der Waals surface area (Å²) in [5.41, 5.74) is 3.60. The van der Waals surface area contributed by atoms with Gasteiger partial charge in [0.05, 0.1) is 25.4 Å². The van der Waals surface area contributed by atoms with Crippen LogP contribution in [0.5, 0.6) is 0 Å². The van der Waals surface area contributed by atoms with E-state index in [0.717, 1.165) is 25.7 Å². The molecule has 0 aromatic heterocycles. The summed E-state index contributed by atoms with van der Waals surface area (Å²) >= 11 is 0. The second kappa shape index (κ2) is 4.47. The zero-order valence-corrected chi connectivity index (χ0v) is 13.5. The number of nitriles is 2. The van der Waals surface area contributed by atoms with Gasteiger partial charge in [0.2, 0.25) is 0 Å². The molecule has 2 aliphatic carbocycles. The number of nitrogens with zero attached hydrogens (tertiary/aromatic N) is 3. The molecular weight excluding hydrogens is 292 g/mol. The average Bonchev–Trinajstić information content (AvgIpc) is 2.83. The fourth-order valence-electron chi connectivity index (χ4n) is 5.80. The Kier molecular flexibility index (Phi) is 2.90. The summed E-state index contributed by atoms with van der Waals surface area (Å²) in [5, 5.41) is 20.1. The molecule has 0 aromatic carbocycles. The first-order valence-corrected chi connectivity index (χ1v) is 8.56. The van der Waals surface area contributed by atoms with Crippen LogP contribution in [0.1, 0.15) is 45.4 Å². The molecule has 2 heterocycles. The van der Waals surface area contributed by atoms with Crippen molar-refractivity contribution in [2.24, 2.45) is 32.9 Å². The predicted octanol–water partition coefficient (Wildman–Crippen LogP) is 2.07. The van der Waals surface area contributed by atoms with Crippen LogP contribution < -0.4 is 5.73 Å². The number of aliphatic imine (C=N–C) groups is 1. The molecule has 2 spiro atoms. The molecule has 2 N–H and O–H groups in total. The van der Waals surface area contributed by atoms with Gasteiger partial charge in [0.25, 0.3) is 5.91 Å². The van der Waals surface area contributed by atoms with E-state index in [1.165, 1.54) is 12.8 Å². The molecule has 2 atom stereocenters. The normalized spacial score (nSPS) is 46.2. The molecule has 23 heavy (non-hydrogen) atoms. The predicted molar refractivity (Wildman–Crippen MR) is 81.6 cm³/mol. The highest BCUT2D eigenvalue weighted by atomic mass is 16.8. The van der Waals surface area contributed by atoms with Crippen molar-refractivity contribution in [2.75, 3.05) is 13.2 Å². The lowest BCUT2D eigenvalue weighted by Crippen LogP contribution is -2.42. The minimum Gasteiger partial charge on any atom is -0.386 e. The van der Waals surface area contributed by atoms with E-state index in [0.29, 0.717) is 19.1 Å². The van der Waals surface area contributed by atoms with Crippen molar-refractivity contribution < 1.29 is 9.47 Å². The maximum absolute atomic E-state index is 10.1. The molecular formula is C17H22N4O2. The van der Waals surface area contributed by atoms with E-state index in [2.05, 4.69) is 24.1 Å². The lowest BCUT2D eigenvalue weighted by atomic mass is 9.71. The minimum absolute atomic E-state index is 0.234. The summed E-state index contributed by atoms with van der Waals surface area (Å²) in [5.74, 6) is -0.450. The van der Waals surface area contributed by atoms with Gasteiger partial charge in [-0.05, 0) is 31.6 Å². The largest absolute Gasteiger partial charge is 0.386 e. The molecule has 3 fully saturated rings. The molecule has 0 amide bonds. The summed E-state index contributed by atoms with van der Waals surface area (Å²) in [4.78, 5) is 4.35. The van der Waals surface area contributed by atoms with Crippen LogP contribution in [0.15, 0.2) is 4.99 Å². The number of amidine groups is 1. The quantitative estimate of drug-likeness (QED) is 0.840. The van der Waals surface area contributed by atoms with Gasteiger partial charge < -0.3 is 15.2 Å². The monoisotopic (exact) mass is 314 g/mol. The van der Waals surface area contributed by atoms with Gasteiger partial charge in [-0.15, -0.1) is 0 Å². The van der Waals surface area contributed by atoms with Crippen molar-refractivity contribution in [3.63, 3.8) is 0 Å². The van der Waals surface area contributed by atoms with Crippen molar-refractivity contribution in [1.29, 1.82) is 10.5 Å². The van der Waals surface area contributed by atoms with Gasteiger partial charge in [-0.1, -0.05) is 19.8 Å². The highest BCUT2D eigenvalue weighted by molar-refractivity contribution is 6.00.